The summed E-state index contributed by atoms with van der Waals surface area (Å²) in [5, 5.41) is 17.2. The first-order valence-corrected chi connectivity index (χ1v) is 8.28. The van der Waals surface area contributed by atoms with Crippen LogP contribution in [0.15, 0.2) is 30.6 Å². The Hall–Kier alpha value is -2.77. The van der Waals surface area contributed by atoms with Gasteiger partial charge in [0.05, 0.1) is 12.1 Å². The molecule has 2 aromatic heterocycles. The zero-order valence-corrected chi connectivity index (χ0v) is 14.1. The Kier molecular flexibility index (Phi) is 5.06. The summed E-state index contributed by atoms with van der Waals surface area (Å²) in [6, 6.07) is 5.64. The predicted molar refractivity (Wildman–Crippen MR) is 88.6 cm³/mol. The molecule has 3 rings (SSSR count). The second kappa shape index (κ2) is 7.42. The average molecular weight is 343 g/mol. The minimum Gasteiger partial charge on any atom is -0.481 e. The lowest BCUT2D eigenvalue weighted by Crippen LogP contribution is -2.29. The molecule has 0 spiro atoms. The molecule has 1 saturated heterocycles. The van der Waals surface area contributed by atoms with Crippen LogP contribution in [0.25, 0.3) is 0 Å². The first-order chi connectivity index (χ1) is 12.0. The number of likely N-dealkylation sites (tertiary alicyclic amines) is 1. The first-order valence-electron chi connectivity index (χ1n) is 8.28. The molecule has 8 heteroatoms. The summed E-state index contributed by atoms with van der Waals surface area (Å²) in [4.78, 5) is 29.7. The molecular weight excluding hydrogens is 322 g/mol. The number of hydrogen-bond acceptors (Lipinski definition) is 5. The standard InChI is InChI=1S/C17H21N5O3/c1-21-11-15(19-20-21)14-10-22(9-12(14)8-17(24)25)16(23)6-5-13-4-2-3-7-18-13/h2-4,7,11-12,14H,5-6,8-10H2,1H3,(H,24,25)/t12-,14+/m1/s1. The Morgan fingerprint density at radius 2 is 2.16 bits per heavy atom. The lowest BCUT2D eigenvalue weighted by molar-refractivity contribution is -0.138. The number of pyridine rings is 1. The summed E-state index contributed by atoms with van der Waals surface area (Å²) in [6.45, 7) is 0.923. The fourth-order valence-corrected chi connectivity index (χ4v) is 3.32. The van der Waals surface area contributed by atoms with Crippen LogP contribution in [0.4, 0.5) is 0 Å². The van der Waals surface area contributed by atoms with Crippen LogP contribution in [0, 0.1) is 5.92 Å². The van der Waals surface area contributed by atoms with E-state index in [2.05, 4.69) is 15.3 Å². The lowest BCUT2D eigenvalue weighted by atomic mass is 9.91. The zero-order chi connectivity index (χ0) is 17.8. The van der Waals surface area contributed by atoms with E-state index in [0.29, 0.717) is 25.9 Å². The van der Waals surface area contributed by atoms with Crippen LogP contribution in [-0.4, -0.2) is 55.0 Å². The minimum atomic E-state index is -0.860. The van der Waals surface area contributed by atoms with Crippen molar-refractivity contribution in [3.05, 3.63) is 42.0 Å². The molecule has 0 aliphatic carbocycles. The first kappa shape index (κ1) is 17.1. The van der Waals surface area contributed by atoms with Gasteiger partial charge in [0.15, 0.2) is 0 Å². The van der Waals surface area contributed by atoms with E-state index in [-0.39, 0.29) is 24.2 Å². The van der Waals surface area contributed by atoms with Gasteiger partial charge in [-0.25, -0.2) is 0 Å². The van der Waals surface area contributed by atoms with Crippen molar-refractivity contribution < 1.29 is 14.7 Å². The quantitative estimate of drug-likeness (QED) is 0.835. The highest BCUT2D eigenvalue weighted by Gasteiger charge is 2.38. The molecule has 2 atom stereocenters. The summed E-state index contributed by atoms with van der Waals surface area (Å²) < 4.78 is 1.60. The molecule has 1 amide bonds. The fraction of sp³-hybridized carbons (Fsp3) is 0.471. The molecule has 8 nitrogen and oxygen atoms in total. The van der Waals surface area contributed by atoms with Crippen LogP contribution in [0.3, 0.4) is 0 Å². The third-order valence-corrected chi connectivity index (χ3v) is 4.55. The third kappa shape index (κ3) is 4.20. The van der Waals surface area contributed by atoms with Crippen LogP contribution in [0.5, 0.6) is 0 Å². The molecule has 3 heterocycles. The number of carbonyl (C=O) groups is 2. The van der Waals surface area contributed by atoms with Gasteiger partial charge in [-0.15, -0.1) is 5.10 Å². The van der Waals surface area contributed by atoms with Gasteiger partial charge in [-0.05, 0) is 24.5 Å². The summed E-state index contributed by atoms with van der Waals surface area (Å²) in [6.07, 6.45) is 4.47. The molecule has 2 aromatic rings. The molecule has 0 radical (unpaired) electrons. The molecule has 0 saturated carbocycles. The van der Waals surface area contributed by atoms with Crippen molar-refractivity contribution in [1.29, 1.82) is 0 Å². The maximum absolute atomic E-state index is 12.5. The van der Waals surface area contributed by atoms with E-state index >= 15 is 0 Å². The second-order valence-corrected chi connectivity index (χ2v) is 6.40. The van der Waals surface area contributed by atoms with E-state index in [1.54, 1.807) is 29.0 Å². The van der Waals surface area contributed by atoms with Crippen molar-refractivity contribution in [1.82, 2.24) is 24.9 Å². The van der Waals surface area contributed by atoms with E-state index in [0.717, 1.165) is 11.4 Å². The largest absolute Gasteiger partial charge is 0.481 e. The lowest BCUT2D eigenvalue weighted by Gasteiger charge is -2.16. The summed E-state index contributed by atoms with van der Waals surface area (Å²) in [7, 11) is 1.77. The van der Waals surface area contributed by atoms with Gasteiger partial charge >= 0.3 is 5.97 Å². The summed E-state index contributed by atoms with van der Waals surface area (Å²) >= 11 is 0. The Bertz CT molecular complexity index is 746. The number of carboxylic acid groups (broad SMARTS) is 1. The van der Waals surface area contributed by atoms with E-state index in [1.807, 2.05) is 18.2 Å². The van der Waals surface area contributed by atoms with Crippen molar-refractivity contribution in [3.8, 4) is 0 Å². The topological polar surface area (TPSA) is 101 Å². The number of nitrogens with zero attached hydrogens (tertiary/aromatic N) is 5. The van der Waals surface area contributed by atoms with Crippen LogP contribution >= 0.6 is 0 Å². The minimum absolute atomic E-state index is 0.0191. The number of aliphatic carboxylic acids is 1. The van der Waals surface area contributed by atoms with Crippen molar-refractivity contribution in [2.45, 2.75) is 25.2 Å². The molecule has 0 unspecified atom stereocenters. The molecule has 1 aliphatic heterocycles. The van der Waals surface area contributed by atoms with Crippen molar-refractivity contribution >= 4 is 11.9 Å². The fourth-order valence-electron chi connectivity index (χ4n) is 3.32. The Labute approximate surface area is 145 Å². The number of carbonyl (C=O) groups excluding carboxylic acids is 1. The second-order valence-electron chi connectivity index (χ2n) is 6.40. The van der Waals surface area contributed by atoms with Crippen molar-refractivity contribution in [2.24, 2.45) is 13.0 Å². The molecule has 25 heavy (non-hydrogen) atoms. The van der Waals surface area contributed by atoms with Crippen LogP contribution in [0.1, 0.15) is 30.1 Å². The number of aromatic nitrogens is 4. The van der Waals surface area contributed by atoms with Gasteiger partial charge in [0, 0.05) is 50.6 Å². The molecule has 0 aromatic carbocycles. The highest BCUT2D eigenvalue weighted by atomic mass is 16.4. The molecule has 1 aliphatic rings. The maximum atomic E-state index is 12.5. The van der Waals surface area contributed by atoms with Gasteiger partial charge in [-0.3, -0.25) is 19.3 Å². The molecule has 1 N–H and O–H groups in total. The van der Waals surface area contributed by atoms with E-state index in [9.17, 15) is 9.59 Å². The van der Waals surface area contributed by atoms with Crippen LogP contribution in [0.2, 0.25) is 0 Å². The zero-order valence-electron chi connectivity index (χ0n) is 14.1. The van der Waals surface area contributed by atoms with Gasteiger partial charge in [-0.2, -0.15) is 0 Å². The van der Waals surface area contributed by atoms with E-state index in [1.165, 1.54) is 0 Å². The Morgan fingerprint density at radius 1 is 1.32 bits per heavy atom. The smallest absolute Gasteiger partial charge is 0.303 e. The van der Waals surface area contributed by atoms with Gasteiger partial charge in [0.2, 0.25) is 5.91 Å². The third-order valence-electron chi connectivity index (χ3n) is 4.55. The van der Waals surface area contributed by atoms with Crippen LogP contribution < -0.4 is 0 Å². The molecule has 132 valence electrons. The number of carboxylic acids is 1. The van der Waals surface area contributed by atoms with Gasteiger partial charge < -0.3 is 10.0 Å². The predicted octanol–water partition coefficient (Wildman–Crippen LogP) is 0.860. The van der Waals surface area contributed by atoms with Gasteiger partial charge in [-0.1, -0.05) is 11.3 Å². The molecular formula is C17H21N5O3. The monoisotopic (exact) mass is 343 g/mol. The van der Waals surface area contributed by atoms with Crippen molar-refractivity contribution in [2.75, 3.05) is 13.1 Å². The number of rotatable bonds is 6. The molecule has 0 bridgehead atoms. The molecule has 1 fully saturated rings. The average Bonchev–Trinajstić information content (AvgIpc) is 3.19. The Morgan fingerprint density at radius 3 is 2.80 bits per heavy atom. The number of aryl methyl sites for hydroxylation is 2. The summed E-state index contributed by atoms with van der Waals surface area (Å²) in [5.41, 5.74) is 1.62. The number of hydrogen-bond donors (Lipinski definition) is 1. The van der Waals surface area contributed by atoms with E-state index < -0.39 is 5.97 Å². The highest BCUT2D eigenvalue weighted by Crippen LogP contribution is 2.34. The summed E-state index contributed by atoms with van der Waals surface area (Å²) in [5.74, 6) is -1.08. The van der Waals surface area contributed by atoms with Crippen LogP contribution in [-0.2, 0) is 23.1 Å². The van der Waals surface area contributed by atoms with E-state index in [4.69, 9.17) is 5.11 Å². The highest BCUT2D eigenvalue weighted by molar-refractivity contribution is 5.77. The maximum Gasteiger partial charge on any atom is 0.303 e. The SMILES string of the molecule is Cn1cc([C@H]2CN(C(=O)CCc3ccccn3)C[C@H]2CC(=O)O)nn1. The van der Waals surface area contributed by atoms with Gasteiger partial charge in [0.1, 0.15) is 0 Å². The van der Waals surface area contributed by atoms with Crippen molar-refractivity contribution in [3.63, 3.8) is 0 Å². The Balaban J connectivity index is 1.66. The normalized spacial score (nSPS) is 20.0. The van der Waals surface area contributed by atoms with Gasteiger partial charge in [0.25, 0.3) is 0 Å². The number of amides is 1.